The number of phenols is 1. The fourth-order valence-corrected chi connectivity index (χ4v) is 2.38. The smallest absolute Gasteiger partial charge is 0.287 e. The van der Waals surface area contributed by atoms with Gasteiger partial charge < -0.3 is 14.8 Å². The third-order valence-electron chi connectivity index (χ3n) is 3.30. The number of furan rings is 1. The summed E-state index contributed by atoms with van der Waals surface area (Å²) < 4.78 is 5.58. The Labute approximate surface area is 138 Å². The fourth-order valence-electron chi connectivity index (χ4n) is 2.19. The largest absolute Gasteiger partial charge is 0.508 e. The monoisotopic (exact) mass is 327 g/mol. The van der Waals surface area contributed by atoms with Gasteiger partial charge in [0.05, 0.1) is 0 Å². The van der Waals surface area contributed by atoms with Crippen LogP contribution in [-0.2, 0) is 6.54 Å². The van der Waals surface area contributed by atoms with Crippen molar-refractivity contribution in [2.24, 2.45) is 0 Å². The molecular weight excluding hydrogens is 314 g/mol. The average Bonchev–Trinajstić information content (AvgIpc) is 3.03. The first kappa shape index (κ1) is 15.2. The van der Waals surface area contributed by atoms with E-state index in [1.165, 1.54) is 0 Å². The van der Waals surface area contributed by atoms with E-state index < -0.39 is 0 Å². The van der Waals surface area contributed by atoms with Crippen LogP contribution in [0.5, 0.6) is 5.75 Å². The van der Waals surface area contributed by atoms with E-state index in [4.69, 9.17) is 16.0 Å². The van der Waals surface area contributed by atoms with Crippen LogP contribution >= 0.6 is 11.6 Å². The summed E-state index contributed by atoms with van der Waals surface area (Å²) in [5.74, 6) is 0.648. The molecule has 1 aromatic heterocycles. The van der Waals surface area contributed by atoms with Crippen LogP contribution in [0.2, 0.25) is 5.02 Å². The molecule has 0 atom stereocenters. The van der Waals surface area contributed by atoms with Crippen molar-refractivity contribution in [2.75, 3.05) is 0 Å². The maximum absolute atomic E-state index is 12.1. The topological polar surface area (TPSA) is 62.5 Å². The molecule has 0 saturated carbocycles. The number of benzene rings is 2. The minimum absolute atomic E-state index is 0.165. The zero-order valence-corrected chi connectivity index (χ0v) is 12.9. The Hall–Kier alpha value is -2.72. The zero-order chi connectivity index (χ0) is 16.2. The van der Waals surface area contributed by atoms with Crippen molar-refractivity contribution in [1.82, 2.24) is 5.32 Å². The molecule has 0 aliphatic carbocycles. The zero-order valence-electron chi connectivity index (χ0n) is 12.1. The Kier molecular flexibility index (Phi) is 4.35. The van der Waals surface area contributed by atoms with Gasteiger partial charge >= 0.3 is 0 Å². The first-order valence-electron chi connectivity index (χ1n) is 7.04. The lowest BCUT2D eigenvalue weighted by molar-refractivity contribution is 0.0924. The molecule has 0 bridgehead atoms. The summed E-state index contributed by atoms with van der Waals surface area (Å²) in [6.07, 6.45) is 0. The molecule has 23 heavy (non-hydrogen) atoms. The van der Waals surface area contributed by atoms with E-state index in [-0.39, 0.29) is 17.4 Å². The molecule has 0 fully saturated rings. The lowest BCUT2D eigenvalue weighted by Crippen LogP contribution is -2.22. The number of hydrogen-bond donors (Lipinski definition) is 2. The van der Waals surface area contributed by atoms with E-state index in [0.717, 1.165) is 11.1 Å². The molecule has 3 rings (SSSR count). The van der Waals surface area contributed by atoms with Gasteiger partial charge in [-0.3, -0.25) is 4.79 Å². The van der Waals surface area contributed by atoms with Gasteiger partial charge in [0.25, 0.3) is 5.91 Å². The van der Waals surface area contributed by atoms with Crippen molar-refractivity contribution in [3.05, 3.63) is 77.0 Å². The normalized spacial score (nSPS) is 10.5. The summed E-state index contributed by atoms with van der Waals surface area (Å²) in [4.78, 5) is 12.1. The number of carbonyl (C=O) groups is 1. The third-order valence-corrected chi connectivity index (χ3v) is 3.54. The maximum atomic E-state index is 12.1. The molecule has 2 aromatic carbocycles. The molecule has 0 saturated heterocycles. The molecule has 1 heterocycles. The number of aromatic hydroxyl groups is 1. The average molecular weight is 328 g/mol. The van der Waals surface area contributed by atoms with Crippen LogP contribution in [0.3, 0.4) is 0 Å². The van der Waals surface area contributed by atoms with Crippen LogP contribution in [0.15, 0.2) is 65.1 Å². The lowest BCUT2D eigenvalue weighted by Gasteiger charge is -2.04. The van der Waals surface area contributed by atoms with Crippen molar-refractivity contribution >= 4 is 17.5 Å². The molecule has 1 amide bonds. The van der Waals surface area contributed by atoms with Gasteiger partial charge in [-0.15, -0.1) is 0 Å². The van der Waals surface area contributed by atoms with E-state index in [1.54, 1.807) is 42.5 Å². The molecule has 0 unspecified atom stereocenters. The van der Waals surface area contributed by atoms with E-state index >= 15 is 0 Å². The standard InChI is InChI=1S/C18H14ClNO3/c19-14-5-2-4-13(10-14)16-7-8-17(23-16)18(22)20-11-12-3-1-6-15(21)9-12/h1-10,21H,11H2,(H,20,22). The van der Waals surface area contributed by atoms with Gasteiger partial charge in [0.1, 0.15) is 11.5 Å². The number of phenolic OH excluding ortho intramolecular Hbond substituents is 1. The van der Waals surface area contributed by atoms with Crippen molar-refractivity contribution in [1.29, 1.82) is 0 Å². The molecule has 2 N–H and O–H groups in total. The number of carbonyl (C=O) groups excluding carboxylic acids is 1. The van der Waals surface area contributed by atoms with Crippen LogP contribution in [-0.4, -0.2) is 11.0 Å². The Morgan fingerprint density at radius 3 is 2.70 bits per heavy atom. The molecule has 0 radical (unpaired) electrons. The number of amides is 1. The molecule has 116 valence electrons. The van der Waals surface area contributed by atoms with Crippen LogP contribution in [0.4, 0.5) is 0 Å². The second-order valence-electron chi connectivity index (χ2n) is 5.03. The maximum Gasteiger partial charge on any atom is 0.287 e. The number of hydrogen-bond acceptors (Lipinski definition) is 3. The summed E-state index contributed by atoms with van der Waals surface area (Å²) in [7, 11) is 0. The van der Waals surface area contributed by atoms with Crippen LogP contribution in [0, 0.1) is 0 Å². The predicted octanol–water partition coefficient (Wildman–Crippen LogP) is 4.24. The highest BCUT2D eigenvalue weighted by molar-refractivity contribution is 6.30. The Balaban J connectivity index is 1.69. The molecule has 0 aliphatic heterocycles. The van der Waals surface area contributed by atoms with Gasteiger partial charge in [0, 0.05) is 17.1 Å². The summed E-state index contributed by atoms with van der Waals surface area (Å²) in [6, 6.07) is 17.3. The minimum atomic E-state index is -0.318. The first-order valence-corrected chi connectivity index (χ1v) is 7.41. The van der Waals surface area contributed by atoms with Crippen LogP contribution in [0.25, 0.3) is 11.3 Å². The number of nitrogens with one attached hydrogen (secondary N) is 1. The summed E-state index contributed by atoms with van der Waals surface area (Å²) in [6.45, 7) is 0.306. The van der Waals surface area contributed by atoms with Crippen molar-refractivity contribution < 1.29 is 14.3 Å². The highest BCUT2D eigenvalue weighted by Crippen LogP contribution is 2.24. The highest BCUT2D eigenvalue weighted by atomic mass is 35.5. The number of rotatable bonds is 4. The SMILES string of the molecule is O=C(NCc1cccc(O)c1)c1ccc(-c2cccc(Cl)c2)o1. The summed E-state index contributed by atoms with van der Waals surface area (Å²) in [5, 5.41) is 12.8. The van der Waals surface area contributed by atoms with Gasteiger partial charge in [0.15, 0.2) is 5.76 Å². The second-order valence-corrected chi connectivity index (χ2v) is 5.46. The van der Waals surface area contributed by atoms with E-state index in [1.807, 2.05) is 18.2 Å². The summed E-state index contributed by atoms with van der Waals surface area (Å²) in [5.41, 5.74) is 1.62. The van der Waals surface area contributed by atoms with E-state index in [0.29, 0.717) is 17.3 Å². The molecular formula is C18H14ClNO3. The quantitative estimate of drug-likeness (QED) is 0.753. The Bertz CT molecular complexity index is 842. The van der Waals surface area contributed by atoms with E-state index in [9.17, 15) is 9.90 Å². The van der Waals surface area contributed by atoms with Crippen LogP contribution in [0.1, 0.15) is 16.1 Å². The Morgan fingerprint density at radius 1 is 1.09 bits per heavy atom. The minimum Gasteiger partial charge on any atom is -0.508 e. The fraction of sp³-hybridized carbons (Fsp3) is 0.0556. The molecule has 5 heteroatoms. The third kappa shape index (κ3) is 3.73. The molecule has 4 nitrogen and oxygen atoms in total. The van der Waals surface area contributed by atoms with Crippen molar-refractivity contribution in [3.63, 3.8) is 0 Å². The Morgan fingerprint density at radius 2 is 1.91 bits per heavy atom. The van der Waals surface area contributed by atoms with Gasteiger partial charge in [-0.2, -0.15) is 0 Å². The first-order chi connectivity index (χ1) is 11.1. The van der Waals surface area contributed by atoms with Gasteiger partial charge in [0.2, 0.25) is 0 Å². The molecule has 0 aliphatic rings. The predicted molar refractivity (Wildman–Crippen MR) is 88.4 cm³/mol. The number of halogens is 1. The van der Waals surface area contributed by atoms with E-state index in [2.05, 4.69) is 5.32 Å². The lowest BCUT2D eigenvalue weighted by atomic mass is 10.2. The van der Waals surface area contributed by atoms with Crippen molar-refractivity contribution in [2.45, 2.75) is 6.54 Å². The summed E-state index contributed by atoms with van der Waals surface area (Å²) >= 11 is 5.95. The second kappa shape index (κ2) is 6.58. The highest BCUT2D eigenvalue weighted by Gasteiger charge is 2.12. The molecule has 0 spiro atoms. The van der Waals surface area contributed by atoms with Crippen LogP contribution < -0.4 is 5.32 Å². The van der Waals surface area contributed by atoms with Gasteiger partial charge in [-0.25, -0.2) is 0 Å². The van der Waals surface area contributed by atoms with Gasteiger partial charge in [-0.05, 0) is 42.0 Å². The van der Waals surface area contributed by atoms with Crippen molar-refractivity contribution in [3.8, 4) is 17.1 Å². The van der Waals surface area contributed by atoms with Gasteiger partial charge in [-0.1, -0.05) is 35.9 Å². The molecule has 3 aromatic rings.